The Balaban J connectivity index is 2.69. The molecule has 0 aromatic rings. The van der Waals surface area contributed by atoms with Gasteiger partial charge in [-0.15, -0.1) is 0 Å². The Kier molecular flexibility index (Phi) is 4.94. The van der Waals surface area contributed by atoms with Crippen molar-refractivity contribution < 1.29 is 18.3 Å². The van der Waals surface area contributed by atoms with Crippen molar-refractivity contribution in [3.05, 3.63) is 0 Å². The molecule has 0 amide bonds. The lowest BCUT2D eigenvalue weighted by atomic mass is 10.5. The molecule has 1 N–H and O–H groups in total. The Hall–Kier alpha value is -0.210. The molecular weight excluding hydrogens is 220 g/mol. The molecule has 0 bridgehead atoms. The van der Waals surface area contributed by atoms with E-state index in [4.69, 9.17) is 9.84 Å². The Morgan fingerprint density at radius 1 is 1.40 bits per heavy atom. The zero-order valence-electron chi connectivity index (χ0n) is 8.92. The van der Waals surface area contributed by atoms with Crippen molar-refractivity contribution >= 4 is 10.2 Å². The van der Waals surface area contributed by atoms with Gasteiger partial charge in [0, 0.05) is 26.2 Å². The molecule has 7 heteroatoms. The van der Waals surface area contributed by atoms with Gasteiger partial charge >= 0.3 is 0 Å². The maximum Gasteiger partial charge on any atom is 0.282 e. The van der Waals surface area contributed by atoms with E-state index in [9.17, 15) is 8.42 Å². The average Bonchev–Trinajstić information content (AvgIpc) is 2.27. The molecule has 0 atom stereocenters. The van der Waals surface area contributed by atoms with E-state index in [1.165, 1.54) is 8.61 Å². The third-order valence-electron chi connectivity index (χ3n) is 2.32. The molecule has 90 valence electrons. The number of hydrogen-bond acceptors (Lipinski definition) is 4. The van der Waals surface area contributed by atoms with Crippen LogP contribution in [0, 0.1) is 0 Å². The third-order valence-corrected chi connectivity index (χ3v) is 4.44. The van der Waals surface area contributed by atoms with Gasteiger partial charge in [0.15, 0.2) is 0 Å². The summed E-state index contributed by atoms with van der Waals surface area (Å²) in [4.78, 5) is 0. The first-order valence-corrected chi connectivity index (χ1v) is 6.46. The SMILES string of the molecule is CCN(CCO)S(=O)(=O)N1CCOCC1. The molecule has 1 aliphatic rings. The Morgan fingerprint density at radius 3 is 2.47 bits per heavy atom. The monoisotopic (exact) mass is 238 g/mol. The summed E-state index contributed by atoms with van der Waals surface area (Å²) in [6.45, 7) is 3.79. The fraction of sp³-hybridized carbons (Fsp3) is 1.00. The van der Waals surface area contributed by atoms with Crippen LogP contribution in [0.2, 0.25) is 0 Å². The minimum Gasteiger partial charge on any atom is -0.395 e. The van der Waals surface area contributed by atoms with Gasteiger partial charge in [-0.25, -0.2) is 0 Å². The van der Waals surface area contributed by atoms with Crippen molar-refractivity contribution in [1.29, 1.82) is 0 Å². The third kappa shape index (κ3) is 3.12. The van der Waals surface area contributed by atoms with Gasteiger partial charge in [0.2, 0.25) is 0 Å². The van der Waals surface area contributed by atoms with E-state index in [0.29, 0.717) is 32.8 Å². The van der Waals surface area contributed by atoms with Crippen LogP contribution in [-0.2, 0) is 14.9 Å². The van der Waals surface area contributed by atoms with Crippen molar-refractivity contribution in [2.45, 2.75) is 6.92 Å². The molecule has 0 aromatic heterocycles. The van der Waals surface area contributed by atoms with Gasteiger partial charge in [-0.05, 0) is 0 Å². The second-order valence-corrected chi connectivity index (χ2v) is 5.16. The maximum atomic E-state index is 12.0. The minimum absolute atomic E-state index is 0.149. The standard InChI is InChI=1S/C8H18N2O4S/c1-2-9(3-6-11)15(12,13)10-4-7-14-8-5-10/h11H,2-8H2,1H3. The van der Waals surface area contributed by atoms with E-state index in [1.54, 1.807) is 6.92 Å². The molecule has 0 aromatic carbocycles. The van der Waals surface area contributed by atoms with Crippen LogP contribution in [0.5, 0.6) is 0 Å². The molecule has 1 aliphatic heterocycles. The van der Waals surface area contributed by atoms with Crippen LogP contribution in [0.3, 0.4) is 0 Å². The van der Waals surface area contributed by atoms with E-state index < -0.39 is 10.2 Å². The van der Waals surface area contributed by atoms with Crippen molar-refractivity contribution in [3.8, 4) is 0 Å². The van der Waals surface area contributed by atoms with Crippen molar-refractivity contribution in [1.82, 2.24) is 8.61 Å². The van der Waals surface area contributed by atoms with Gasteiger partial charge in [0.25, 0.3) is 10.2 Å². The number of hydrogen-bond donors (Lipinski definition) is 1. The normalized spacial score (nSPS) is 19.7. The topological polar surface area (TPSA) is 70.1 Å². The molecule has 0 saturated carbocycles. The maximum absolute atomic E-state index is 12.0. The Bertz CT molecular complexity index is 264. The summed E-state index contributed by atoms with van der Waals surface area (Å²) in [7, 11) is -3.41. The highest BCUT2D eigenvalue weighted by Gasteiger charge is 2.29. The summed E-state index contributed by atoms with van der Waals surface area (Å²) < 4.78 is 31.8. The number of likely N-dealkylation sites (N-methyl/N-ethyl adjacent to an activating group) is 1. The average molecular weight is 238 g/mol. The first-order valence-electron chi connectivity index (χ1n) is 5.06. The second kappa shape index (κ2) is 5.76. The summed E-state index contributed by atoms with van der Waals surface area (Å²) in [5.41, 5.74) is 0. The molecule has 0 aliphatic carbocycles. The van der Waals surface area contributed by atoms with Gasteiger partial charge in [-0.2, -0.15) is 17.0 Å². The van der Waals surface area contributed by atoms with Crippen LogP contribution < -0.4 is 0 Å². The van der Waals surface area contributed by atoms with E-state index in [0.717, 1.165) is 0 Å². The molecule has 0 spiro atoms. The van der Waals surface area contributed by atoms with Crippen molar-refractivity contribution in [3.63, 3.8) is 0 Å². The van der Waals surface area contributed by atoms with Gasteiger partial charge in [0.1, 0.15) is 0 Å². The molecule has 0 unspecified atom stereocenters. The largest absolute Gasteiger partial charge is 0.395 e. The number of nitrogens with zero attached hydrogens (tertiary/aromatic N) is 2. The van der Waals surface area contributed by atoms with E-state index >= 15 is 0 Å². The van der Waals surface area contributed by atoms with Crippen LogP contribution in [0.4, 0.5) is 0 Å². The van der Waals surface area contributed by atoms with Crippen molar-refractivity contribution in [2.75, 3.05) is 46.0 Å². The lowest BCUT2D eigenvalue weighted by molar-refractivity contribution is 0.0699. The lowest BCUT2D eigenvalue weighted by Gasteiger charge is -2.31. The van der Waals surface area contributed by atoms with E-state index in [1.807, 2.05) is 0 Å². The highest BCUT2D eigenvalue weighted by atomic mass is 32.2. The number of rotatable bonds is 5. The molecule has 0 radical (unpaired) electrons. The van der Waals surface area contributed by atoms with E-state index in [-0.39, 0.29) is 13.2 Å². The van der Waals surface area contributed by atoms with Gasteiger partial charge in [-0.1, -0.05) is 6.92 Å². The first kappa shape index (κ1) is 12.9. The smallest absolute Gasteiger partial charge is 0.282 e. The lowest BCUT2D eigenvalue weighted by Crippen LogP contribution is -2.49. The molecule has 1 fully saturated rings. The van der Waals surface area contributed by atoms with Crippen LogP contribution in [0.25, 0.3) is 0 Å². The van der Waals surface area contributed by atoms with Crippen LogP contribution >= 0.6 is 0 Å². The van der Waals surface area contributed by atoms with E-state index in [2.05, 4.69) is 0 Å². The predicted molar refractivity (Wildman–Crippen MR) is 55.6 cm³/mol. The number of ether oxygens (including phenoxy) is 1. The van der Waals surface area contributed by atoms with Crippen LogP contribution in [0.15, 0.2) is 0 Å². The molecule has 6 nitrogen and oxygen atoms in total. The quantitative estimate of drug-likeness (QED) is 0.658. The fourth-order valence-electron chi connectivity index (χ4n) is 1.49. The summed E-state index contributed by atoms with van der Waals surface area (Å²) in [6, 6.07) is 0. The van der Waals surface area contributed by atoms with Crippen LogP contribution in [0.1, 0.15) is 6.92 Å². The Morgan fingerprint density at radius 2 is 2.00 bits per heavy atom. The van der Waals surface area contributed by atoms with Crippen LogP contribution in [-0.4, -0.2) is 68.1 Å². The summed E-state index contributed by atoms with van der Waals surface area (Å²) >= 11 is 0. The molecule has 1 heterocycles. The summed E-state index contributed by atoms with van der Waals surface area (Å²) in [5, 5.41) is 8.78. The minimum atomic E-state index is -3.41. The molecule has 1 rings (SSSR count). The zero-order chi connectivity index (χ0) is 11.3. The fourth-order valence-corrected chi connectivity index (χ4v) is 3.06. The van der Waals surface area contributed by atoms with Gasteiger partial charge in [-0.3, -0.25) is 0 Å². The van der Waals surface area contributed by atoms with Gasteiger partial charge in [0.05, 0.1) is 19.8 Å². The second-order valence-electron chi connectivity index (χ2n) is 3.23. The highest BCUT2D eigenvalue weighted by molar-refractivity contribution is 7.86. The highest BCUT2D eigenvalue weighted by Crippen LogP contribution is 2.10. The molecule has 15 heavy (non-hydrogen) atoms. The summed E-state index contributed by atoms with van der Waals surface area (Å²) in [5.74, 6) is 0. The first-order chi connectivity index (χ1) is 7.12. The number of morpholine rings is 1. The zero-order valence-corrected chi connectivity index (χ0v) is 9.74. The molecule has 1 saturated heterocycles. The summed E-state index contributed by atoms with van der Waals surface area (Å²) in [6.07, 6.45) is 0. The Labute approximate surface area is 90.6 Å². The number of aliphatic hydroxyl groups excluding tert-OH is 1. The van der Waals surface area contributed by atoms with Crippen molar-refractivity contribution in [2.24, 2.45) is 0 Å². The number of aliphatic hydroxyl groups is 1. The molecular formula is C8H18N2O4S. The van der Waals surface area contributed by atoms with Gasteiger partial charge < -0.3 is 9.84 Å². The predicted octanol–water partition coefficient (Wildman–Crippen LogP) is -1.12.